The number of rotatable bonds is 7. The molecule has 0 bridgehead atoms. The standard InChI is InChI=1S/C26H26F2N4O6S/c1-36-20-5-4-18(21(37-2)22(20)38-3)26(35)32-8-6-14(7-9-32)25-29-19(13-39-25)24(34)31-30-23(33)15-10-16(27)12-17(28)11-15/h4-5,10-14H,6-9H2,1-3H3,(H,30,33)(H,31,34). The van der Waals surface area contributed by atoms with Gasteiger partial charge in [0.15, 0.2) is 11.5 Å². The Kier molecular flexibility index (Phi) is 8.59. The monoisotopic (exact) mass is 560 g/mol. The summed E-state index contributed by atoms with van der Waals surface area (Å²) in [6.45, 7) is 0.949. The fraction of sp³-hybridized carbons (Fsp3) is 0.308. The highest BCUT2D eigenvalue weighted by Crippen LogP contribution is 2.40. The van der Waals surface area contributed by atoms with Crippen molar-refractivity contribution in [3.8, 4) is 17.2 Å². The first-order valence-corrected chi connectivity index (χ1v) is 12.7. The van der Waals surface area contributed by atoms with Gasteiger partial charge in [-0.25, -0.2) is 13.8 Å². The van der Waals surface area contributed by atoms with E-state index in [1.54, 1.807) is 22.4 Å². The summed E-state index contributed by atoms with van der Waals surface area (Å²) in [4.78, 5) is 43.9. The number of piperidine rings is 1. The largest absolute Gasteiger partial charge is 0.493 e. The molecule has 0 atom stereocenters. The summed E-state index contributed by atoms with van der Waals surface area (Å²) in [6, 6.07) is 5.64. The Balaban J connectivity index is 1.34. The van der Waals surface area contributed by atoms with Crippen LogP contribution in [-0.2, 0) is 0 Å². The number of halogens is 2. The molecule has 0 radical (unpaired) electrons. The second kappa shape index (κ2) is 12.1. The van der Waals surface area contributed by atoms with Crippen LogP contribution in [0.3, 0.4) is 0 Å². The van der Waals surface area contributed by atoms with Crippen molar-refractivity contribution in [2.45, 2.75) is 18.8 Å². The van der Waals surface area contributed by atoms with Gasteiger partial charge in [-0.05, 0) is 37.1 Å². The number of aromatic nitrogens is 1. The summed E-state index contributed by atoms with van der Waals surface area (Å²) in [7, 11) is 4.44. The predicted octanol–water partition coefficient (Wildman–Crippen LogP) is 3.54. The average Bonchev–Trinajstić information content (AvgIpc) is 3.44. The van der Waals surface area contributed by atoms with Crippen molar-refractivity contribution >= 4 is 29.1 Å². The Morgan fingerprint density at radius 1 is 0.923 bits per heavy atom. The first kappa shape index (κ1) is 27.8. The summed E-state index contributed by atoms with van der Waals surface area (Å²) in [5.74, 6) is -2.43. The smallest absolute Gasteiger partial charge is 0.289 e. The van der Waals surface area contributed by atoms with Crippen LogP contribution in [-0.4, -0.2) is 62.0 Å². The number of benzene rings is 2. The number of nitrogens with one attached hydrogen (secondary N) is 2. The third kappa shape index (κ3) is 6.08. The molecule has 1 aliphatic rings. The van der Waals surface area contributed by atoms with Gasteiger partial charge in [0.05, 0.1) is 31.9 Å². The number of nitrogens with zero attached hydrogens (tertiary/aromatic N) is 2. The molecule has 3 amide bonds. The predicted molar refractivity (Wildman–Crippen MR) is 137 cm³/mol. The molecule has 1 fully saturated rings. The number of thiazole rings is 1. The van der Waals surface area contributed by atoms with Crippen molar-refractivity contribution in [1.82, 2.24) is 20.7 Å². The van der Waals surface area contributed by atoms with Crippen LogP contribution >= 0.6 is 11.3 Å². The van der Waals surface area contributed by atoms with Crippen molar-refractivity contribution in [3.05, 3.63) is 69.2 Å². The van der Waals surface area contributed by atoms with Crippen LogP contribution < -0.4 is 25.1 Å². The molecular formula is C26H26F2N4O6S. The number of hydrogen-bond donors (Lipinski definition) is 2. The van der Waals surface area contributed by atoms with E-state index in [1.807, 2.05) is 0 Å². The van der Waals surface area contributed by atoms with Gasteiger partial charge in [0.25, 0.3) is 17.7 Å². The highest BCUT2D eigenvalue weighted by atomic mass is 32.1. The number of ether oxygens (including phenoxy) is 3. The SMILES string of the molecule is COc1ccc(C(=O)N2CCC(c3nc(C(=O)NNC(=O)c4cc(F)cc(F)c4)cs3)CC2)c(OC)c1OC. The molecule has 1 aliphatic heterocycles. The van der Waals surface area contributed by atoms with Crippen LogP contribution in [0.5, 0.6) is 17.2 Å². The van der Waals surface area contributed by atoms with E-state index in [0.717, 1.165) is 17.1 Å². The first-order valence-electron chi connectivity index (χ1n) is 11.9. The highest BCUT2D eigenvalue weighted by molar-refractivity contribution is 7.09. The summed E-state index contributed by atoms with van der Waals surface area (Å²) in [5.41, 5.74) is 4.50. The van der Waals surface area contributed by atoms with Crippen molar-refractivity contribution in [2.24, 2.45) is 0 Å². The summed E-state index contributed by atoms with van der Waals surface area (Å²) >= 11 is 1.30. The molecular weight excluding hydrogens is 534 g/mol. The number of amides is 3. The van der Waals surface area contributed by atoms with Gasteiger partial charge in [-0.15, -0.1) is 11.3 Å². The molecule has 1 saturated heterocycles. The molecule has 10 nitrogen and oxygen atoms in total. The van der Waals surface area contributed by atoms with Crippen molar-refractivity contribution in [3.63, 3.8) is 0 Å². The van der Waals surface area contributed by atoms with Crippen LogP contribution in [0, 0.1) is 11.6 Å². The minimum atomic E-state index is -0.911. The van der Waals surface area contributed by atoms with Gasteiger partial charge in [0, 0.05) is 36.0 Å². The van der Waals surface area contributed by atoms with E-state index in [2.05, 4.69) is 15.8 Å². The molecule has 13 heteroatoms. The number of carbonyl (C=O) groups excluding carboxylic acids is 3. The maximum atomic E-state index is 13.3. The third-order valence-electron chi connectivity index (χ3n) is 6.23. The fourth-order valence-corrected chi connectivity index (χ4v) is 5.25. The Bertz CT molecular complexity index is 1370. The summed E-state index contributed by atoms with van der Waals surface area (Å²) < 4.78 is 42.8. The van der Waals surface area contributed by atoms with Crippen LogP contribution in [0.4, 0.5) is 8.78 Å². The van der Waals surface area contributed by atoms with Gasteiger partial charge in [-0.1, -0.05) is 0 Å². The summed E-state index contributed by atoms with van der Waals surface area (Å²) in [6.07, 6.45) is 1.27. The molecule has 39 heavy (non-hydrogen) atoms. The second-order valence-corrected chi connectivity index (χ2v) is 9.48. The van der Waals surface area contributed by atoms with Gasteiger partial charge in [0.1, 0.15) is 17.3 Å². The van der Waals surface area contributed by atoms with E-state index >= 15 is 0 Å². The molecule has 2 N–H and O–H groups in total. The molecule has 2 heterocycles. The van der Waals surface area contributed by atoms with E-state index in [0.29, 0.717) is 54.8 Å². The number of carbonyl (C=O) groups is 3. The van der Waals surface area contributed by atoms with Crippen molar-refractivity contribution in [1.29, 1.82) is 0 Å². The van der Waals surface area contributed by atoms with Gasteiger partial charge < -0.3 is 19.1 Å². The van der Waals surface area contributed by atoms with Gasteiger partial charge >= 0.3 is 0 Å². The lowest BCUT2D eigenvalue weighted by Crippen LogP contribution is -2.41. The average molecular weight is 561 g/mol. The number of hydrazine groups is 1. The Labute approximate surface area is 226 Å². The Morgan fingerprint density at radius 2 is 1.56 bits per heavy atom. The van der Waals surface area contributed by atoms with Crippen LogP contribution in [0.15, 0.2) is 35.7 Å². The van der Waals surface area contributed by atoms with Gasteiger partial charge in [-0.2, -0.15) is 0 Å². The zero-order chi connectivity index (χ0) is 28.1. The molecule has 3 aromatic rings. The normalized spacial score (nSPS) is 13.5. The van der Waals surface area contributed by atoms with E-state index in [9.17, 15) is 23.2 Å². The zero-order valence-corrected chi connectivity index (χ0v) is 22.2. The van der Waals surface area contributed by atoms with Crippen LogP contribution in [0.1, 0.15) is 55.0 Å². The molecule has 2 aromatic carbocycles. The van der Waals surface area contributed by atoms with Crippen molar-refractivity contribution < 1.29 is 37.4 Å². The van der Waals surface area contributed by atoms with Crippen LogP contribution in [0.2, 0.25) is 0 Å². The van der Waals surface area contributed by atoms with Gasteiger partial charge in [0.2, 0.25) is 5.75 Å². The number of methoxy groups -OCH3 is 3. The molecule has 206 valence electrons. The first-order chi connectivity index (χ1) is 18.7. The third-order valence-corrected chi connectivity index (χ3v) is 7.24. The fourth-order valence-electron chi connectivity index (χ4n) is 4.28. The molecule has 4 rings (SSSR count). The van der Waals surface area contributed by atoms with Gasteiger partial charge in [-0.3, -0.25) is 25.2 Å². The molecule has 0 aliphatic carbocycles. The number of hydrogen-bond acceptors (Lipinski definition) is 8. The minimum absolute atomic E-state index is 0.0396. The number of likely N-dealkylation sites (tertiary alicyclic amines) is 1. The lowest BCUT2D eigenvalue weighted by molar-refractivity contribution is 0.0708. The van der Waals surface area contributed by atoms with E-state index in [4.69, 9.17) is 14.2 Å². The second-order valence-electron chi connectivity index (χ2n) is 8.59. The highest BCUT2D eigenvalue weighted by Gasteiger charge is 2.30. The van der Waals surface area contributed by atoms with E-state index in [-0.39, 0.29) is 23.1 Å². The molecule has 0 unspecified atom stereocenters. The lowest BCUT2D eigenvalue weighted by atomic mass is 9.97. The molecule has 0 spiro atoms. The lowest BCUT2D eigenvalue weighted by Gasteiger charge is -2.31. The Hall–Kier alpha value is -4.26. The zero-order valence-electron chi connectivity index (χ0n) is 21.4. The quantitative estimate of drug-likeness (QED) is 0.425. The Morgan fingerprint density at radius 3 is 2.18 bits per heavy atom. The maximum absolute atomic E-state index is 13.3. The van der Waals surface area contributed by atoms with E-state index < -0.39 is 23.4 Å². The topological polar surface area (TPSA) is 119 Å². The summed E-state index contributed by atoms with van der Waals surface area (Å²) in [5, 5.41) is 2.29. The van der Waals surface area contributed by atoms with Crippen molar-refractivity contribution in [2.75, 3.05) is 34.4 Å². The van der Waals surface area contributed by atoms with E-state index in [1.165, 1.54) is 32.7 Å². The minimum Gasteiger partial charge on any atom is -0.493 e. The molecule has 1 aromatic heterocycles. The maximum Gasteiger partial charge on any atom is 0.289 e. The molecule has 0 saturated carbocycles. The van der Waals surface area contributed by atoms with Crippen LogP contribution in [0.25, 0.3) is 0 Å².